The molecule has 0 radical (unpaired) electrons. The Balaban J connectivity index is 2.21. The minimum absolute atomic E-state index is 0.163. The maximum atomic E-state index is 5.46. The van der Waals surface area contributed by atoms with Gasteiger partial charge in [-0.3, -0.25) is 4.68 Å². The highest BCUT2D eigenvalue weighted by atomic mass is 16.5. The second-order valence-electron chi connectivity index (χ2n) is 4.35. The Kier molecular flexibility index (Phi) is 4.58. The maximum absolute atomic E-state index is 5.46. The van der Waals surface area contributed by atoms with E-state index >= 15 is 0 Å². The van der Waals surface area contributed by atoms with Gasteiger partial charge in [-0.15, -0.1) is 0 Å². The molecule has 0 amide bonds. The summed E-state index contributed by atoms with van der Waals surface area (Å²) in [5, 5.41) is 7.66. The Morgan fingerprint density at radius 3 is 2.47 bits per heavy atom. The molecule has 0 aliphatic rings. The van der Waals surface area contributed by atoms with E-state index in [2.05, 4.69) is 35.7 Å². The number of hydrogen-bond acceptors (Lipinski definition) is 3. The van der Waals surface area contributed by atoms with E-state index in [9.17, 15) is 0 Å². The fourth-order valence-electron chi connectivity index (χ4n) is 2.15. The molecule has 0 saturated heterocycles. The Morgan fingerprint density at radius 2 is 1.95 bits per heavy atom. The molecule has 1 N–H and O–H groups in total. The first-order valence-electron chi connectivity index (χ1n) is 6.70. The standard InChI is InChI=1S/C15H21N3O/c1-4-18-11-13(10-17-18)15(16-3)12-6-8-14(9-7-12)19-5-2/h6-11,15-16H,4-5H2,1-3H3. The SMILES string of the molecule is CCOc1ccc(C(NC)c2cnn(CC)c2)cc1. The first-order chi connectivity index (χ1) is 9.28. The van der Waals surface area contributed by atoms with E-state index in [1.54, 1.807) is 0 Å². The predicted molar refractivity (Wildman–Crippen MR) is 76.4 cm³/mol. The van der Waals surface area contributed by atoms with Gasteiger partial charge in [0.2, 0.25) is 0 Å². The molecule has 1 aromatic carbocycles. The second-order valence-corrected chi connectivity index (χ2v) is 4.35. The van der Waals surface area contributed by atoms with Crippen LogP contribution in [0.5, 0.6) is 5.75 Å². The van der Waals surface area contributed by atoms with E-state index < -0.39 is 0 Å². The molecule has 4 heteroatoms. The van der Waals surface area contributed by atoms with Gasteiger partial charge in [-0.05, 0) is 38.6 Å². The topological polar surface area (TPSA) is 39.1 Å². The highest BCUT2D eigenvalue weighted by Crippen LogP contribution is 2.23. The van der Waals surface area contributed by atoms with Crippen LogP contribution in [0.25, 0.3) is 0 Å². The van der Waals surface area contributed by atoms with Crippen molar-refractivity contribution in [3.8, 4) is 5.75 Å². The molecular formula is C15H21N3O. The van der Waals surface area contributed by atoms with Crippen molar-refractivity contribution < 1.29 is 4.74 Å². The zero-order valence-corrected chi connectivity index (χ0v) is 11.8. The van der Waals surface area contributed by atoms with Crippen molar-refractivity contribution in [1.29, 1.82) is 0 Å². The van der Waals surface area contributed by atoms with Gasteiger partial charge in [0.25, 0.3) is 0 Å². The van der Waals surface area contributed by atoms with Crippen LogP contribution in [-0.4, -0.2) is 23.4 Å². The maximum Gasteiger partial charge on any atom is 0.119 e. The third-order valence-corrected chi connectivity index (χ3v) is 3.12. The monoisotopic (exact) mass is 259 g/mol. The van der Waals surface area contributed by atoms with Crippen LogP contribution in [0.15, 0.2) is 36.7 Å². The molecule has 102 valence electrons. The van der Waals surface area contributed by atoms with Crippen molar-refractivity contribution in [3.63, 3.8) is 0 Å². The van der Waals surface area contributed by atoms with Crippen molar-refractivity contribution in [2.45, 2.75) is 26.4 Å². The summed E-state index contributed by atoms with van der Waals surface area (Å²) >= 11 is 0. The second kappa shape index (κ2) is 6.38. The number of hydrogen-bond donors (Lipinski definition) is 1. The third kappa shape index (κ3) is 3.15. The molecule has 4 nitrogen and oxygen atoms in total. The van der Waals surface area contributed by atoms with E-state index in [0.717, 1.165) is 12.3 Å². The molecule has 0 spiro atoms. The highest BCUT2D eigenvalue weighted by Gasteiger charge is 2.13. The molecule has 2 rings (SSSR count). The summed E-state index contributed by atoms with van der Waals surface area (Å²) in [4.78, 5) is 0. The number of rotatable bonds is 6. The minimum Gasteiger partial charge on any atom is -0.494 e. The number of benzene rings is 1. The van der Waals surface area contributed by atoms with Crippen molar-refractivity contribution in [3.05, 3.63) is 47.8 Å². The normalized spacial score (nSPS) is 12.4. The Bertz CT molecular complexity index is 504. The molecule has 19 heavy (non-hydrogen) atoms. The molecular weight excluding hydrogens is 238 g/mol. The van der Waals surface area contributed by atoms with Gasteiger partial charge in [-0.25, -0.2) is 0 Å². The Hall–Kier alpha value is -1.81. The van der Waals surface area contributed by atoms with Crippen LogP contribution < -0.4 is 10.1 Å². The fraction of sp³-hybridized carbons (Fsp3) is 0.400. The lowest BCUT2D eigenvalue weighted by Crippen LogP contribution is -2.17. The fourth-order valence-corrected chi connectivity index (χ4v) is 2.15. The van der Waals surface area contributed by atoms with Crippen LogP contribution >= 0.6 is 0 Å². The number of aryl methyl sites for hydroxylation is 1. The average molecular weight is 259 g/mol. The van der Waals surface area contributed by atoms with Gasteiger partial charge in [0.05, 0.1) is 18.8 Å². The summed E-state index contributed by atoms with van der Waals surface area (Å²) in [5.74, 6) is 0.908. The summed E-state index contributed by atoms with van der Waals surface area (Å²) in [6.07, 6.45) is 4.00. The lowest BCUT2D eigenvalue weighted by molar-refractivity contribution is 0.340. The van der Waals surface area contributed by atoms with Gasteiger partial charge in [-0.1, -0.05) is 12.1 Å². The molecule has 2 aromatic rings. The molecule has 0 saturated carbocycles. The first-order valence-corrected chi connectivity index (χ1v) is 6.70. The van der Waals surface area contributed by atoms with E-state index in [1.807, 2.05) is 37.0 Å². The Labute approximate surface area is 114 Å². The molecule has 0 aliphatic heterocycles. The molecule has 1 aromatic heterocycles. The molecule has 1 unspecified atom stereocenters. The quantitative estimate of drug-likeness (QED) is 0.866. The number of aromatic nitrogens is 2. The van der Waals surface area contributed by atoms with Crippen LogP contribution in [0.2, 0.25) is 0 Å². The molecule has 0 aliphatic carbocycles. The van der Waals surface area contributed by atoms with Crippen molar-refractivity contribution in [2.24, 2.45) is 0 Å². The van der Waals surface area contributed by atoms with Crippen LogP contribution in [0.3, 0.4) is 0 Å². The van der Waals surface area contributed by atoms with Gasteiger partial charge in [0.1, 0.15) is 5.75 Å². The van der Waals surface area contributed by atoms with Crippen LogP contribution in [0.1, 0.15) is 31.0 Å². The summed E-state index contributed by atoms with van der Waals surface area (Å²) in [6.45, 7) is 5.66. The number of nitrogens with zero attached hydrogens (tertiary/aromatic N) is 2. The van der Waals surface area contributed by atoms with E-state index in [1.165, 1.54) is 11.1 Å². The predicted octanol–water partition coefficient (Wildman–Crippen LogP) is 2.61. The van der Waals surface area contributed by atoms with Gasteiger partial charge in [0, 0.05) is 18.3 Å². The number of nitrogens with one attached hydrogen (secondary N) is 1. The summed E-state index contributed by atoms with van der Waals surface area (Å²) in [5.41, 5.74) is 2.38. The van der Waals surface area contributed by atoms with E-state index in [0.29, 0.717) is 6.61 Å². The minimum atomic E-state index is 0.163. The van der Waals surface area contributed by atoms with Crippen molar-refractivity contribution >= 4 is 0 Å². The average Bonchev–Trinajstić information content (AvgIpc) is 2.91. The smallest absolute Gasteiger partial charge is 0.119 e. The van der Waals surface area contributed by atoms with Gasteiger partial charge < -0.3 is 10.1 Å². The molecule has 1 heterocycles. The highest BCUT2D eigenvalue weighted by molar-refractivity contribution is 5.34. The third-order valence-electron chi connectivity index (χ3n) is 3.12. The van der Waals surface area contributed by atoms with Gasteiger partial charge >= 0.3 is 0 Å². The van der Waals surface area contributed by atoms with Crippen molar-refractivity contribution in [2.75, 3.05) is 13.7 Å². The lowest BCUT2D eigenvalue weighted by atomic mass is 10.0. The number of ether oxygens (including phenoxy) is 1. The van der Waals surface area contributed by atoms with E-state index in [4.69, 9.17) is 4.74 Å². The summed E-state index contributed by atoms with van der Waals surface area (Å²) in [7, 11) is 1.96. The van der Waals surface area contributed by atoms with Crippen molar-refractivity contribution in [1.82, 2.24) is 15.1 Å². The largest absolute Gasteiger partial charge is 0.494 e. The van der Waals surface area contributed by atoms with Gasteiger partial charge in [0.15, 0.2) is 0 Å². The molecule has 1 atom stereocenters. The zero-order chi connectivity index (χ0) is 13.7. The lowest BCUT2D eigenvalue weighted by Gasteiger charge is -2.15. The van der Waals surface area contributed by atoms with Crippen LogP contribution in [0.4, 0.5) is 0 Å². The zero-order valence-electron chi connectivity index (χ0n) is 11.8. The van der Waals surface area contributed by atoms with Crippen LogP contribution in [-0.2, 0) is 6.54 Å². The first kappa shape index (κ1) is 13.6. The summed E-state index contributed by atoms with van der Waals surface area (Å²) in [6, 6.07) is 8.36. The van der Waals surface area contributed by atoms with Crippen LogP contribution in [0, 0.1) is 0 Å². The molecule has 0 fully saturated rings. The Morgan fingerprint density at radius 1 is 1.21 bits per heavy atom. The van der Waals surface area contributed by atoms with Gasteiger partial charge in [-0.2, -0.15) is 5.10 Å². The van der Waals surface area contributed by atoms with E-state index in [-0.39, 0.29) is 6.04 Å². The molecule has 0 bridgehead atoms. The summed E-state index contributed by atoms with van der Waals surface area (Å²) < 4.78 is 7.40.